The maximum Gasteiger partial charge on any atom is 0.251 e. The van der Waals surface area contributed by atoms with Gasteiger partial charge in [-0.15, -0.1) is 0 Å². The average molecular weight is 475 g/mol. The number of hydrogen-bond acceptors (Lipinski definition) is 4. The van der Waals surface area contributed by atoms with Crippen molar-refractivity contribution >= 4 is 27.7 Å². The van der Waals surface area contributed by atoms with Gasteiger partial charge >= 0.3 is 0 Å². The van der Waals surface area contributed by atoms with Crippen LogP contribution in [0.5, 0.6) is 11.5 Å². The van der Waals surface area contributed by atoms with Crippen molar-refractivity contribution in [2.24, 2.45) is 0 Å². The summed E-state index contributed by atoms with van der Waals surface area (Å²) in [7, 11) is 0. The monoisotopic (exact) mass is 474 g/mol. The van der Waals surface area contributed by atoms with E-state index in [1.54, 1.807) is 12.1 Å². The Morgan fingerprint density at radius 3 is 2.40 bits per heavy atom. The molecule has 1 aliphatic heterocycles. The second-order valence-corrected chi connectivity index (χ2v) is 8.01. The highest BCUT2D eigenvalue weighted by Crippen LogP contribution is 2.29. The molecule has 160 valence electrons. The highest BCUT2D eigenvalue weighted by Gasteiger charge is 2.24. The van der Waals surface area contributed by atoms with E-state index in [0.717, 1.165) is 28.8 Å². The number of para-hydroxylation sites is 2. The molecule has 1 aliphatic rings. The Kier molecular flexibility index (Phi) is 8.13. The third kappa shape index (κ3) is 6.23. The fourth-order valence-corrected chi connectivity index (χ4v) is 3.63. The van der Waals surface area contributed by atoms with Crippen LogP contribution in [-0.4, -0.2) is 49.1 Å². The summed E-state index contributed by atoms with van der Waals surface area (Å²) < 4.78 is 12.6. The Labute approximate surface area is 185 Å². The van der Waals surface area contributed by atoms with Crippen molar-refractivity contribution in [1.82, 2.24) is 10.2 Å². The number of carbonyl (C=O) groups is 2. The Hall–Kier alpha value is -2.54. The quantitative estimate of drug-likeness (QED) is 0.626. The maximum atomic E-state index is 12.5. The lowest BCUT2D eigenvalue weighted by atomic mass is 10.1. The fourth-order valence-electron chi connectivity index (χ4n) is 3.37. The van der Waals surface area contributed by atoms with Crippen LogP contribution in [0.1, 0.15) is 36.5 Å². The van der Waals surface area contributed by atoms with Gasteiger partial charge in [0.05, 0.1) is 6.61 Å². The van der Waals surface area contributed by atoms with Crippen LogP contribution in [0.2, 0.25) is 0 Å². The van der Waals surface area contributed by atoms with Gasteiger partial charge in [-0.2, -0.15) is 0 Å². The molecule has 0 spiro atoms. The van der Waals surface area contributed by atoms with E-state index in [9.17, 15) is 9.59 Å². The van der Waals surface area contributed by atoms with Crippen LogP contribution in [0, 0.1) is 0 Å². The minimum Gasteiger partial charge on any atom is -0.490 e. The van der Waals surface area contributed by atoms with E-state index in [4.69, 9.17) is 9.47 Å². The molecule has 1 fully saturated rings. The average Bonchev–Trinajstić information content (AvgIpc) is 2.76. The summed E-state index contributed by atoms with van der Waals surface area (Å²) in [6.07, 6.45) is 1.91. The largest absolute Gasteiger partial charge is 0.490 e. The van der Waals surface area contributed by atoms with Gasteiger partial charge in [-0.25, -0.2) is 0 Å². The number of amides is 2. The van der Waals surface area contributed by atoms with Crippen LogP contribution in [0.25, 0.3) is 0 Å². The van der Waals surface area contributed by atoms with Gasteiger partial charge in [0.25, 0.3) is 5.91 Å². The van der Waals surface area contributed by atoms with E-state index in [1.165, 1.54) is 0 Å². The van der Waals surface area contributed by atoms with Gasteiger partial charge in [-0.05, 0) is 43.3 Å². The SMILES string of the molecule is CCOc1ccccc1OC1CCN(C(=O)CCNC(=O)c2ccc(Br)cc2)CC1. The molecule has 2 amide bonds. The molecule has 0 radical (unpaired) electrons. The molecular formula is C23H27BrN2O4. The third-order valence-electron chi connectivity index (χ3n) is 4.97. The Balaban J connectivity index is 1.40. The molecule has 0 aliphatic carbocycles. The highest BCUT2D eigenvalue weighted by atomic mass is 79.9. The minimum atomic E-state index is -0.171. The van der Waals surface area contributed by atoms with E-state index >= 15 is 0 Å². The number of ether oxygens (including phenoxy) is 2. The number of likely N-dealkylation sites (tertiary alicyclic amines) is 1. The Morgan fingerprint density at radius 1 is 1.07 bits per heavy atom. The summed E-state index contributed by atoms with van der Waals surface area (Å²) in [5, 5.41) is 2.81. The molecule has 7 heteroatoms. The van der Waals surface area contributed by atoms with Gasteiger partial charge in [0.1, 0.15) is 6.10 Å². The molecule has 1 heterocycles. The predicted octanol–water partition coefficient (Wildman–Crippen LogP) is 4.04. The standard InChI is InChI=1S/C23H27BrN2O4/c1-2-29-20-5-3-4-6-21(20)30-19-12-15-26(16-13-19)22(27)11-14-25-23(28)17-7-9-18(24)10-8-17/h3-10,19H,2,11-16H2,1H3,(H,25,28). The summed E-state index contributed by atoms with van der Waals surface area (Å²) in [5.41, 5.74) is 0.580. The zero-order valence-electron chi connectivity index (χ0n) is 17.1. The van der Waals surface area contributed by atoms with Crippen molar-refractivity contribution < 1.29 is 19.1 Å². The zero-order valence-corrected chi connectivity index (χ0v) is 18.7. The topological polar surface area (TPSA) is 67.9 Å². The van der Waals surface area contributed by atoms with Crippen molar-refractivity contribution in [3.05, 3.63) is 58.6 Å². The Bertz CT molecular complexity index is 849. The molecule has 1 N–H and O–H groups in total. The second-order valence-electron chi connectivity index (χ2n) is 7.09. The molecule has 0 saturated carbocycles. The van der Waals surface area contributed by atoms with E-state index in [-0.39, 0.29) is 17.9 Å². The predicted molar refractivity (Wildman–Crippen MR) is 119 cm³/mol. The number of piperidine rings is 1. The van der Waals surface area contributed by atoms with Crippen LogP contribution in [-0.2, 0) is 4.79 Å². The van der Waals surface area contributed by atoms with Crippen LogP contribution in [0.15, 0.2) is 53.0 Å². The molecular weight excluding hydrogens is 448 g/mol. The molecule has 0 atom stereocenters. The molecule has 2 aromatic rings. The molecule has 0 bridgehead atoms. The number of benzene rings is 2. The van der Waals surface area contributed by atoms with Gasteiger partial charge in [0, 0.05) is 48.9 Å². The van der Waals surface area contributed by atoms with Crippen molar-refractivity contribution in [2.75, 3.05) is 26.2 Å². The van der Waals surface area contributed by atoms with Crippen LogP contribution < -0.4 is 14.8 Å². The molecule has 1 saturated heterocycles. The summed E-state index contributed by atoms with van der Waals surface area (Å²) in [6.45, 7) is 4.17. The second kappa shape index (κ2) is 11.0. The number of rotatable bonds is 8. The lowest BCUT2D eigenvalue weighted by Gasteiger charge is -2.32. The van der Waals surface area contributed by atoms with Crippen LogP contribution in [0.4, 0.5) is 0 Å². The van der Waals surface area contributed by atoms with Crippen molar-refractivity contribution in [3.63, 3.8) is 0 Å². The molecule has 2 aromatic carbocycles. The molecule has 30 heavy (non-hydrogen) atoms. The van der Waals surface area contributed by atoms with Crippen LogP contribution >= 0.6 is 15.9 Å². The van der Waals surface area contributed by atoms with E-state index in [2.05, 4.69) is 21.2 Å². The minimum absolute atomic E-state index is 0.0549. The maximum absolute atomic E-state index is 12.5. The molecule has 3 rings (SSSR count). The van der Waals surface area contributed by atoms with Crippen molar-refractivity contribution in [3.8, 4) is 11.5 Å². The van der Waals surface area contributed by atoms with Gasteiger partial charge in [0.2, 0.25) is 5.91 Å². The molecule has 0 unspecified atom stereocenters. The smallest absolute Gasteiger partial charge is 0.251 e. The first-order valence-corrected chi connectivity index (χ1v) is 11.1. The number of nitrogens with zero attached hydrogens (tertiary/aromatic N) is 1. The first-order chi connectivity index (χ1) is 14.6. The molecule has 0 aromatic heterocycles. The van der Waals surface area contributed by atoms with Gasteiger partial charge in [-0.1, -0.05) is 28.1 Å². The summed E-state index contributed by atoms with van der Waals surface area (Å²) >= 11 is 3.35. The fraction of sp³-hybridized carbons (Fsp3) is 0.391. The van der Waals surface area contributed by atoms with Gasteiger partial charge < -0.3 is 19.7 Å². The van der Waals surface area contributed by atoms with E-state index in [0.29, 0.717) is 38.2 Å². The summed E-state index contributed by atoms with van der Waals surface area (Å²) in [5.74, 6) is 1.38. The number of hydrogen-bond donors (Lipinski definition) is 1. The first kappa shape index (κ1) is 22.2. The normalized spacial score (nSPS) is 14.3. The number of nitrogens with one attached hydrogen (secondary N) is 1. The molecule has 6 nitrogen and oxygen atoms in total. The van der Waals surface area contributed by atoms with Crippen LogP contribution in [0.3, 0.4) is 0 Å². The van der Waals surface area contributed by atoms with Gasteiger partial charge in [-0.3, -0.25) is 9.59 Å². The summed E-state index contributed by atoms with van der Waals surface area (Å²) in [4.78, 5) is 26.4. The lowest BCUT2D eigenvalue weighted by Crippen LogP contribution is -2.42. The zero-order chi connectivity index (χ0) is 21.3. The van der Waals surface area contributed by atoms with Crippen molar-refractivity contribution in [1.29, 1.82) is 0 Å². The first-order valence-electron chi connectivity index (χ1n) is 10.3. The van der Waals surface area contributed by atoms with Crippen molar-refractivity contribution in [2.45, 2.75) is 32.3 Å². The Morgan fingerprint density at radius 2 is 1.73 bits per heavy atom. The number of halogens is 1. The van der Waals surface area contributed by atoms with E-state index < -0.39 is 0 Å². The summed E-state index contributed by atoms with van der Waals surface area (Å²) in [6, 6.07) is 14.8. The number of carbonyl (C=O) groups excluding carboxylic acids is 2. The highest BCUT2D eigenvalue weighted by molar-refractivity contribution is 9.10. The van der Waals surface area contributed by atoms with Gasteiger partial charge in [0.15, 0.2) is 11.5 Å². The lowest BCUT2D eigenvalue weighted by molar-refractivity contribution is -0.132. The third-order valence-corrected chi connectivity index (χ3v) is 5.50. The van der Waals surface area contributed by atoms with E-state index in [1.807, 2.05) is 48.2 Å².